The minimum Gasteiger partial charge on any atom is -0.342 e. The summed E-state index contributed by atoms with van der Waals surface area (Å²) in [6, 6.07) is 5.04. The molecule has 30 heavy (non-hydrogen) atoms. The van der Waals surface area contributed by atoms with Crippen molar-refractivity contribution in [2.45, 2.75) is 38.0 Å². The number of nitrogens with one attached hydrogen (secondary N) is 1. The molecule has 158 valence electrons. The lowest BCUT2D eigenvalue weighted by atomic mass is 9.63. The Morgan fingerprint density at radius 3 is 2.80 bits per heavy atom. The van der Waals surface area contributed by atoms with Crippen LogP contribution in [0.2, 0.25) is 0 Å². The van der Waals surface area contributed by atoms with E-state index in [0.717, 1.165) is 17.3 Å². The van der Waals surface area contributed by atoms with Crippen LogP contribution in [0, 0.1) is 16.6 Å². The van der Waals surface area contributed by atoms with E-state index in [1.807, 2.05) is 0 Å². The van der Waals surface area contributed by atoms with Gasteiger partial charge in [0.25, 0.3) is 0 Å². The van der Waals surface area contributed by atoms with E-state index in [9.17, 15) is 17.6 Å². The van der Waals surface area contributed by atoms with Gasteiger partial charge in [0, 0.05) is 41.8 Å². The molecule has 1 fully saturated rings. The fourth-order valence-corrected chi connectivity index (χ4v) is 6.81. The average molecular weight is 431 g/mol. The summed E-state index contributed by atoms with van der Waals surface area (Å²) >= 11 is 0. The molecule has 0 aromatic heterocycles. The molecule has 5 rings (SSSR count). The number of carbonyl (C=O) groups excluding carboxylic acids is 1. The number of nitrogens with zero attached hydrogens (tertiary/aromatic N) is 3. The van der Waals surface area contributed by atoms with Crippen LogP contribution in [0.4, 0.5) is 4.39 Å². The number of dihydropyridines is 1. The second-order valence-corrected chi connectivity index (χ2v) is 11.2. The number of halogens is 1. The van der Waals surface area contributed by atoms with E-state index in [1.165, 1.54) is 22.5 Å². The third-order valence-electron chi connectivity index (χ3n) is 6.55. The van der Waals surface area contributed by atoms with Crippen LogP contribution in [0.5, 0.6) is 0 Å². The lowest BCUT2D eigenvalue weighted by Crippen LogP contribution is -2.45. The van der Waals surface area contributed by atoms with Gasteiger partial charge in [-0.25, -0.2) is 12.8 Å². The number of fused-ring (bicyclic) bond motifs is 2. The molecule has 0 bridgehead atoms. The van der Waals surface area contributed by atoms with Gasteiger partial charge in [0.05, 0.1) is 11.4 Å². The van der Waals surface area contributed by atoms with Crippen LogP contribution in [-0.2, 0) is 14.8 Å². The molecule has 0 amide bonds. The maximum atomic E-state index is 13.7. The Balaban J connectivity index is 1.58. The summed E-state index contributed by atoms with van der Waals surface area (Å²) < 4.78 is 41.5. The van der Waals surface area contributed by atoms with Gasteiger partial charge in [0.1, 0.15) is 5.82 Å². The Labute approximate surface area is 174 Å². The lowest BCUT2D eigenvalue weighted by Gasteiger charge is -2.43. The molecular weight excluding hydrogens is 407 g/mol. The minimum absolute atomic E-state index is 0.0530. The van der Waals surface area contributed by atoms with Crippen molar-refractivity contribution in [1.29, 1.82) is 0 Å². The first-order valence-electron chi connectivity index (χ1n) is 10.0. The quantitative estimate of drug-likeness (QED) is 0.780. The average Bonchev–Trinajstić information content (AvgIpc) is 3.29. The van der Waals surface area contributed by atoms with Crippen molar-refractivity contribution in [2.75, 3.05) is 19.6 Å². The van der Waals surface area contributed by atoms with Gasteiger partial charge in [-0.05, 0) is 36.5 Å². The van der Waals surface area contributed by atoms with E-state index in [-0.39, 0.29) is 29.2 Å². The molecule has 1 atom stereocenters. The van der Waals surface area contributed by atoms with E-state index >= 15 is 0 Å². The maximum absolute atomic E-state index is 13.7. The monoisotopic (exact) mass is 430 g/mol. The molecule has 0 unspecified atom stereocenters. The zero-order chi connectivity index (χ0) is 21.3. The van der Waals surface area contributed by atoms with E-state index < -0.39 is 21.3 Å². The highest BCUT2D eigenvalue weighted by atomic mass is 32.2. The Morgan fingerprint density at radius 2 is 2.03 bits per heavy atom. The van der Waals surface area contributed by atoms with Gasteiger partial charge in [-0.2, -0.15) is 9.42 Å². The highest BCUT2D eigenvalue weighted by Gasteiger charge is 2.55. The number of hydrogen-bond donors (Lipinski definition) is 1. The zero-order valence-electron chi connectivity index (χ0n) is 16.9. The van der Waals surface area contributed by atoms with Crippen LogP contribution in [0.15, 0.2) is 62.1 Å². The first-order chi connectivity index (χ1) is 14.1. The second-order valence-electron chi connectivity index (χ2n) is 9.27. The van der Waals surface area contributed by atoms with Gasteiger partial charge >= 0.3 is 0 Å². The van der Waals surface area contributed by atoms with Crippen LogP contribution in [0.25, 0.3) is 0 Å². The first kappa shape index (κ1) is 19.6. The summed E-state index contributed by atoms with van der Waals surface area (Å²) in [5, 5.41) is 11.7. The number of hydrogen-bond acceptors (Lipinski definition) is 6. The van der Waals surface area contributed by atoms with E-state index in [0.29, 0.717) is 37.2 Å². The van der Waals surface area contributed by atoms with Gasteiger partial charge in [-0.1, -0.05) is 19.9 Å². The van der Waals surface area contributed by atoms with Crippen molar-refractivity contribution in [2.24, 2.45) is 21.1 Å². The molecule has 9 heteroatoms. The van der Waals surface area contributed by atoms with Crippen molar-refractivity contribution in [3.8, 4) is 0 Å². The Hall–Kier alpha value is -2.39. The van der Waals surface area contributed by atoms with Crippen molar-refractivity contribution in [3.05, 3.63) is 52.7 Å². The molecule has 3 heterocycles. The third kappa shape index (κ3) is 2.79. The molecule has 3 aliphatic heterocycles. The van der Waals surface area contributed by atoms with Gasteiger partial charge in [-0.3, -0.25) is 4.79 Å². The number of ketones is 1. The van der Waals surface area contributed by atoms with Crippen LogP contribution >= 0.6 is 0 Å². The predicted octanol–water partition coefficient (Wildman–Crippen LogP) is 3.13. The number of carbonyl (C=O) groups is 1. The first-order valence-corrected chi connectivity index (χ1v) is 11.5. The summed E-state index contributed by atoms with van der Waals surface area (Å²) in [7, 11) is -3.89. The molecule has 4 aliphatic rings. The van der Waals surface area contributed by atoms with Crippen molar-refractivity contribution < 1.29 is 17.6 Å². The molecule has 0 saturated carbocycles. The van der Waals surface area contributed by atoms with Crippen LogP contribution in [0.1, 0.15) is 33.1 Å². The van der Waals surface area contributed by atoms with Crippen LogP contribution < -0.4 is 5.32 Å². The predicted molar refractivity (Wildman–Crippen MR) is 107 cm³/mol. The minimum atomic E-state index is -3.89. The van der Waals surface area contributed by atoms with Crippen molar-refractivity contribution in [3.63, 3.8) is 0 Å². The van der Waals surface area contributed by atoms with Gasteiger partial charge in [0.2, 0.25) is 10.0 Å². The summed E-state index contributed by atoms with van der Waals surface area (Å²) in [5.41, 5.74) is 1.49. The van der Waals surface area contributed by atoms with E-state index in [4.69, 9.17) is 0 Å². The molecule has 1 aromatic rings. The highest BCUT2D eigenvalue weighted by Crippen LogP contribution is 2.54. The summed E-state index contributed by atoms with van der Waals surface area (Å²) in [6.45, 7) is 4.85. The fourth-order valence-electron chi connectivity index (χ4n) is 5.27. The van der Waals surface area contributed by atoms with Crippen LogP contribution in [0.3, 0.4) is 0 Å². The zero-order valence-corrected chi connectivity index (χ0v) is 17.7. The lowest BCUT2D eigenvalue weighted by molar-refractivity contribution is -0.119. The number of benzene rings is 1. The fraction of sp³-hybridized carbons (Fsp3) is 0.476. The van der Waals surface area contributed by atoms with E-state index in [1.54, 1.807) is 0 Å². The molecule has 1 N–H and O–H groups in total. The second kappa shape index (κ2) is 6.31. The Bertz CT molecular complexity index is 1170. The largest absolute Gasteiger partial charge is 0.342 e. The highest BCUT2D eigenvalue weighted by molar-refractivity contribution is 7.89. The van der Waals surface area contributed by atoms with Gasteiger partial charge < -0.3 is 5.32 Å². The third-order valence-corrected chi connectivity index (χ3v) is 8.40. The van der Waals surface area contributed by atoms with Crippen LogP contribution in [-0.4, -0.2) is 38.1 Å². The Morgan fingerprint density at radius 1 is 1.23 bits per heavy atom. The molecule has 1 aromatic carbocycles. The SMILES string of the molecule is CC1(C)CC(=O)C2=C(C1)NC1=C(CN=N1)[C@]21CCN(S(=O)(=O)c2cccc(F)c2)C1. The Kier molecular flexibility index (Phi) is 4.11. The molecule has 1 aliphatic carbocycles. The molecule has 1 spiro atoms. The van der Waals surface area contributed by atoms with Crippen molar-refractivity contribution >= 4 is 15.8 Å². The van der Waals surface area contributed by atoms with Crippen molar-refractivity contribution in [1.82, 2.24) is 9.62 Å². The molecule has 0 radical (unpaired) electrons. The van der Waals surface area contributed by atoms with Gasteiger partial charge in [-0.15, -0.1) is 5.11 Å². The molecule has 7 nitrogen and oxygen atoms in total. The standard InChI is InChI=1S/C21H23FN4O3S/c1-20(2)9-16-18(17(27)10-20)21(15-11-23-25-19(15)24-16)6-7-26(12-21)30(28,29)14-5-3-4-13(22)8-14/h3-5,8,24H,6-7,9-12H2,1-2H3/t21-/m1/s1. The summed E-state index contributed by atoms with van der Waals surface area (Å²) in [5.74, 6) is 0.0985. The summed E-state index contributed by atoms with van der Waals surface area (Å²) in [6.07, 6.45) is 1.60. The number of sulfonamides is 1. The normalized spacial score (nSPS) is 28.2. The van der Waals surface area contributed by atoms with Gasteiger partial charge in [0.15, 0.2) is 11.6 Å². The maximum Gasteiger partial charge on any atom is 0.243 e. The molecular formula is C21H23FN4O3S. The topological polar surface area (TPSA) is 91.2 Å². The number of allylic oxidation sites excluding steroid dienone is 1. The number of azo groups is 1. The number of rotatable bonds is 2. The van der Waals surface area contributed by atoms with E-state index in [2.05, 4.69) is 29.4 Å². The molecule has 1 saturated heterocycles. The smallest absolute Gasteiger partial charge is 0.243 e. The number of Topliss-reactive ketones (excluding diaryl/α,β-unsaturated/α-hetero) is 1. The summed E-state index contributed by atoms with van der Waals surface area (Å²) in [4.78, 5) is 13.2.